The Kier molecular flexibility index (Phi) is 5.68. The fraction of sp³-hybridized carbons (Fsp3) is 0.176. The van der Waals surface area contributed by atoms with Crippen molar-refractivity contribution in [1.82, 2.24) is 0 Å². The average molecular weight is 316 g/mol. The number of anilines is 2. The van der Waals surface area contributed by atoms with Gasteiger partial charge in [0, 0.05) is 24.3 Å². The number of esters is 1. The first-order chi connectivity index (χ1) is 11.1. The molecule has 0 radical (unpaired) electrons. The van der Waals surface area contributed by atoms with E-state index in [2.05, 4.69) is 15.4 Å². The molecule has 0 spiro atoms. The third-order valence-corrected chi connectivity index (χ3v) is 3.07. The maximum absolute atomic E-state index is 13.0. The summed E-state index contributed by atoms with van der Waals surface area (Å²) in [4.78, 5) is 23.2. The third kappa shape index (κ3) is 5.10. The summed E-state index contributed by atoms with van der Waals surface area (Å²) in [6.45, 7) is 0.381. The Hall–Kier alpha value is -2.89. The Morgan fingerprint density at radius 3 is 2.57 bits per heavy atom. The van der Waals surface area contributed by atoms with Crippen LogP contribution in [0, 0.1) is 5.82 Å². The molecule has 6 heteroatoms. The van der Waals surface area contributed by atoms with Gasteiger partial charge >= 0.3 is 5.97 Å². The van der Waals surface area contributed by atoms with E-state index in [1.54, 1.807) is 30.3 Å². The summed E-state index contributed by atoms with van der Waals surface area (Å²) in [6, 6.07) is 12.5. The molecule has 2 aromatic carbocycles. The minimum atomic E-state index is -0.419. The Balaban J connectivity index is 1.82. The van der Waals surface area contributed by atoms with Crippen molar-refractivity contribution in [2.75, 3.05) is 24.3 Å². The van der Waals surface area contributed by atoms with Gasteiger partial charge in [-0.2, -0.15) is 0 Å². The van der Waals surface area contributed by atoms with Crippen molar-refractivity contribution in [3.63, 3.8) is 0 Å². The van der Waals surface area contributed by atoms with Crippen molar-refractivity contribution in [2.24, 2.45) is 0 Å². The van der Waals surface area contributed by atoms with E-state index in [0.717, 1.165) is 0 Å². The summed E-state index contributed by atoms with van der Waals surface area (Å²) in [5.41, 5.74) is 1.57. The number of benzene rings is 2. The summed E-state index contributed by atoms with van der Waals surface area (Å²) >= 11 is 0. The van der Waals surface area contributed by atoms with Gasteiger partial charge in [-0.3, -0.25) is 4.79 Å². The normalized spacial score (nSPS) is 10.0. The van der Waals surface area contributed by atoms with Crippen LogP contribution in [0.2, 0.25) is 0 Å². The van der Waals surface area contributed by atoms with Gasteiger partial charge in [-0.15, -0.1) is 0 Å². The van der Waals surface area contributed by atoms with Gasteiger partial charge in [-0.25, -0.2) is 9.18 Å². The molecule has 0 unspecified atom stereocenters. The minimum Gasteiger partial charge on any atom is -0.465 e. The molecule has 2 aromatic rings. The van der Waals surface area contributed by atoms with Crippen molar-refractivity contribution in [1.29, 1.82) is 0 Å². The van der Waals surface area contributed by atoms with Gasteiger partial charge in [-0.05, 0) is 36.4 Å². The summed E-state index contributed by atoms with van der Waals surface area (Å²) in [6.07, 6.45) is 0.207. The van der Waals surface area contributed by atoms with Gasteiger partial charge in [0.25, 0.3) is 0 Å². The number of amides is 1. The van der Waals surface area contributed by atoms with Crippen LogP contribution in [-0.2, 0) is 9.53 Å². The van der Waals surface area contributed by atoms with Crippen molar-refractivity contribution in [3.8, 4) is 0 Å². The lowest BCUT2D eigenvalue weighted by molar-refractivity contribution is -0.115. The fourth-order valence-electron chi connectivity index (χ4n) is 1.98. The maximum Gasteiger partial charge on any atom is 0.337 e. The monoisotopic (exact) mass is 316 g/mol. The predicted molar refractivity (Wildman–Crippen MR) is 85.9 cm³/mol. The number of hydrogen-bond acceptors (Lipinski definition) is 4. The number of nitrogens with one attached hydrogen (secondary N) is 2. The van der Waals surface area contributed by atoms with E-state index in [0.29, 0.717) is 23.5 Å². The predicted octanol–water partition coefficient (Wildman–Crippen LogP) is 3.05. The van der Waals surface area contributed by atoms with Gasteiger partial charge in [-0.1, -0.05) is 12.1 Å². The second kappa shape index (κ2) is 7.93. The van der Waals surface area contributed by atoms with Crippen molar-refractivity contribution < 1.29 is 18.7 Å². The Morgan fingerprint density at radius 1 is 1.09 bits per heavy atom. The lowest BCUT2D eigenvalue weighted by Crippen LogP contribution is -2.16. The van der Waals surface area contributed by atoms with E-state index in [1.807, 2.05) is 0 Å². The van der Waals surface area contributed by atoms with Crippen LogP contribution < -0.4 is 10.6 Å². The molecule has 0 aliphatic carbocycles. The van der Waals surface area contributed by atoms with Crippen LogP contribution >= 0.6 is 0 Å². The Labute approximate surface area is 133 Å². The van der Waals surface area contributed by atoms with Crippen LogP contribution in [0.5, 0.6) is 0 Å². The molecule has 0 fully saturated rings. The zero-order valence-electron chi connectivity index (χ0n) is 12.6. The molecule has 0 saturated heterocycles. The highest BCUT2D eigenvalue weighted by molar-refractivity contribution is 5.91. The van der Waals surface area contributed by atoms with E-state index in [-0.39, 0.29) is 12.3 Å². The topological polar surface area (TPSA) is 67.4 Å². The molecule has 0 bridgehead atoms. The summed E-state index contributed by atoms with van der Waals surface area (Å²) in [7, 11) is 1.32. The fourth-order valence-corrected chi connectivity index (χ4v) is 1.98. The van der Waals surface area contributed by atoms with Crippen LogP contribution in [0.25, 0.3) is 0 Å². The summed E-state index contributed by atoms with van der Waals surface area (Å²) in [5.74, 6) is -1.05. The highest BCUT2D eigenvalue weighted by atomic mass is 19.1. The standard InChI is InChI=1S/C17H17FN2O3/c1-23-17(22)12-4-2-6-14(10-12)19-9-8-16(21)20-15-7-3-5-13(18)11-15/h2-7,10-11,19H,8-9H2,1H3,(H,20,21). The van der Waals surface area contributed by atoms with E-state index in [4.69, 9.17) is 0 Å². The number of hydrogen-bond donors (Lipinski definition) is 2. The first-order valence-corrected chi connectivity index (χ1v) is 7.06. The summed E-state index contributed by atoms with van der Waals surface area (Å²) < 4.78 is 17.7. The van der Waals surface area contributed by atoms with Crippen LogP contribution in [0.3, 0.4) is 0 Å². The lowest BCUT2D eigenvalue weighted by Gasteiger charge is -2.08. The van der Waals surface area contributed by atoms with E-state index in [9.17, 15) is 14.0 Å². The molecular formula is C17H17FN2O3. The number of methoxy groups -OCH3 is 1. The van der Waals surface area contributed by atoms with Crippen LogP contribution in [-0.4, -0.2) is 25.5 Å². The van der Waals surface area contributed by atoms with Crippen LogP contribution in [0.15, 0.2) is 48.5 Å². The quantitative estimate of drug-likeness (QED) is 0.804. The first-order valence-electron chi connectivity index (χ1n) is 7.06. The molecule has 0 aromatic heterocycles. The zero-order chi connectivity index (χ0) is 16.7. The van der Waals surface area contributed by atoms with Gasteiger partial charge in [0.15, 0.2) is 0 Å². The molecule has 2 N–H and O–H groups in total. The highest BCUT2D eigenvalue weighted by Gasteiger charge is 2.06. The van der Waals surface area contributed by atoms with Crippen LogP contribution in [0.1, 0.15) is 16.8 Å². The smallest absolute Gasteiger partial charge is 0.337 e. The molecule has 1 amide bonds. The SMILES string of the molecule is COC(=O)c1cccc(NCCC(=O)Nc2cccc(F)c2)c1. The van der Waals surface area contributed by atoms with Gasteiger partial charge in [0.05, 0.1) is 12.7 Å². The average Bonchev–Trinajstić information content (AvgIpc) is 2.54. The number of carbonyl (C=O) groups is 2. The first kappa shape index (κ1) is 16.5. The van der Waals surface area contributed by atoms with Gasteiger partial charge < -0.3 is 15.4 Å². The molecule has 5 nitrogen and oxygen atoms in total. The van der Waals surface area contributed by atoms with Gasteiger partial charge in [0.2, 0.25) is 5.91 Å². The van der Waals surface area contributed by atoms with E-state index in [1.165, 1.54) is 25.3 Å². The number of carbonyl (C=O) groups excluding carboxylic acids is 2. The van der Waals surface area contributed by atoms with Gasteiger partial charge in [0.1, 0.15) is 5.82 Å². The van der Waals surface area contributed by atoms with Crippen molar-refractivity contribution in [3.05, 3.63) is 59.9 Å². The van der Waals surface area contributed by atoms with Crippen molar-refractivity contribution >= 4 is 23.3 Å². The Bertz CT molecular complexity index is 704. The largest absolute Gasteiger partial charge is 0.465 e. The second-order valence-corrected chi connectivity index (χ2v) is 4.81. The maximum atomic E-state index is 13.0. The molecule has 120 valence electrons. The van der Waals surface area contributed by atoms with E-state index < -0.39 is 11.8 Å². The van der Waals surface area contributed by atoms with Crippen LogP contribution in [0.4, 0.5) is 15.8 Å². The highest BCUT2D eigenvalue weighted by Crippen LogP contribution is 2.12. The summed E-state index contributed by atoms with van der Waals surface area (Å²) in [5, 5.41) is 5.66. The molecule has 23 heavy (non-hydrogen) atoms. The molecule has 0 aliphatic rings. The number of halogens is 1. The second-order valence-electron chi connectivity index (χ2n) is 4.81. The molecule has 0 aliphatic heterocycles. The molecule has 2 rings (SSSR count). The molecule has 0 saturated carbocycles. The molecular weight excluding hydrogens is 299 g/mol. The Morgan fingerprint density at radius 2 is 1.83 bits per heavy atom. The third-order valence-electron chi connectivity index (χ3n) is 3.07. The molecule has 0 atom stereocenters. The zero-order valence-corrected chi connectivity index (χ0v) is 12.6. The van der Waals surface area contributed by atoms with E-state index >= 15 is 0 Å². The number of ether oxygens (including phenoxy) is 1. The molecule has 0 heterocycles. The minimum absolute atomic E-state index is 0.207. The lowest BCUT2D eigenvalue weighted by atomic mass is 10.2. The van der Waals surface area contributed by atoms with Crippen molar-refractivity contribution in [2.45, 2.75) is 6.42 Å². The number of rotatable bonds is 6.